The van der Waals surface area contributed by atoms with Crippen LogP contribution in [0.1, 0.15) is 5.82 Å². The van der Waals surface area contributed by atoms with Crippen LogP contribution in [-0.2, 0) is 26.2 Å². The number of aromatic nitrogens is 2. The monoisotopic (exact) mass is 438 g/mol. The first-order valence-electron chi connectivity index (χ1n) is 8.57. The van der Waals surface area contributed by atoms with E-state index in [2.05, 4.69) is 28.9 Å². The fourth-order valence-corrected chi connectivity index (χ4v) is 4.10. The van der Waals surface area contributed by atoms with Gasteiger partial charge in [0, 0.05) is 39.2 Å². The van der Waals surface area contributed by atoms with E-state index in [1.54, 1.807) is 18.5 Å². The molecule has 1 saturated heterocycles. The number of nitrogens with zero attached hydrogens (tertiary/aromatic N) is 4. The van der Waals surface area contributed by atoms with Crippen LogP contribution >= 0.6 is 0 Å². The van der Waals surface area contributed by atoms with Crippen LogP contribution < -0.4 is 29.6 Å². The molecule has 0 saturated carbocycles. The van der Waals surface area contributed by atoms with E-state index in [9.17, 15) is 17.8 Å². The van der Waals surface area contributed by atoms with Crippen molar-refractivity contribution in [2.75, 3.05) is 19.7 Å². The molecule has 1 atom stereocenters. The van der Waals surface area contributed by atoms with E-state index < -0.39 is 30.5 Å². The van der Waals surface area contributed by atoms with Crippen molar-refractivity contribution in [2.24, 2.45) is 0 Å². The zero-order valence-electron chi connectivity index (χ0n) is 16.5. The molecule has 0 aromatic carbocycles. The van der Waals surface area contributed by atoms with Crippen LogP contribution in [0.3, 0.4) is 0 Å². The predicted octanol–water partition coefficient (Wildman–Crippen LogP) is -1.91. The van der Waals surface area contributed by atoms with Gasteiger partial charge in [0.25, 0.3) is 0 Å². The number of urea groups is 1. The van der Waals surface area contributed by atoms with Crippen molar-refractivity contribution in [3.63, 3.8) is 0 Å². The first-order chi connectivity index (χ1) is 12.5. The van der Waals surface area contributed by atoms with Crippen LogP contribution in [0, 0.1) is 0 Å². The molecule has 0 spiro atoms. The quantitative estimate of drug-likeness (QED) is 0.201. The molecule has 3 rings (SSSR count). The molecule has 0 radical (unpaired) electrons. The third-order valence-electron chi connectivity index (χ3n) is 4.32. The summed E-state index contributed by atoms with van der Waals surface area (Å²) >= 11 is 0. The van der Waals surface area contributed by atoms with Gasteiger partial charge in [0.2, 0.25) is 10.4 Å². The van der Waals surface area contributed by atoms with E-state index in [4.69, 9.17) is 4.74 Å². The molecular weight excluding hydrogens is 415 g/mol. The van der Waals surface area contributed by atoms with E-state index in [0.717, 1.165) is 11.6 Å². The second-order valence-electron chi connectivity index (χ2n) is 7.80. The number of amides is 2. The molecular formula is C15H23N4NaO6SSi. The minimum Gasteiger partial charge on any atom is -0.724 e. The Hall–Kier alpha value is -0.733. The number of carbonyl (C=O) groups is 1. The topological polar surface area (TPSA) is 117 Å². The molecule has 0 aliphatic carbocycles. The molecule has 10 nitrogen and oxygen atoms in total. The van der Waals surface area contributed by atoms with Gasteiger partial charge in [0.15, 0.2) is 0 Å². The Labute approximate surface area is 187 Å². The molecule has 28 heavy (non-hydrogen) atoms. The smallest absolute Gasteiger partial charge is 0.724 e. The maximum Gasteiger partial charge on any atom is 1.00 e. The molecule has 2 bridgehead atoms. The second-order valence-corrected chi connectivity index (χ2v) is 14.4. The van der Waals surface area contributed by atoms with Crippen LogP contribution in [0.15, 0.2) is 18.5 Å². The van der Waals surface area contributed by atoms with Gasteiger partial charge in [-0.1, -0.05) is 19.6 Å². The molecule has 0 N–H and O–H groups in total. The number of hydroxylamine groups is 2. The average molecular weight is 439 g/mol. The number of carbonyl (C=O) groups excluding carboxylic acids is 1. The first kappa shape index (κ1) is 23.5. The summed E-state index contributed by atoms with van der Waals surface area (Å²) < 4.78 is 44.5. The Kier molecular flexibility index (Phi) is 7.53. The number of fused-ring (bicyclic) bond motifs is 2. The second kappa shape index (κ2) is 8.96. The fourth-order valence-electron chi connectivity index (χ4n) is 2.98. The van der Waals surface area contributed by atoms with Crippen LogP contribution in [0.2, 0.25) is 25.7 Å². The standard InChI is InChI=1S/C15H24N4O6SSi.Na/c1-27(2,3)7-6-24-11-17-5-4-16-14(17)12-8-13-10-18(9-12)15(20)19(13)25-26(21,22)23;/h4-5,8,13H,6-7,9-11H2,1-3H3,(H,21,22,23);/q;+1/p-1. The largest absolute Gasteiger partial charge is 1.00 e. The normalized spacial score (nSPS) is 19.6. The number of hydrogen-bond acceptors (Lipinski definition) is 7. The summed E-state index contributed by atoms with van der Waals surface area (Å²) in [5.74, 6) is 0.636. The van der Waals surface area contributed by atoms with Crippen molar-refractivity contribution in [1.29, 1.82) is 0 Å². The van der Waals surface area contributed by atoms with Crippen LogP contribution in [0.4, 0.5) is 4.79 Å². The summed E-state index contributed by atoms with van der Waals surface area (Å²) in [5, 5.41) is 0.604. The van der Waals surface area contributed by atoms with Gasteiger partial charge >= 0.3 is 35.6 Å². The fraction of sp³-hybridized carbons (Fsp3) is 0.600. The zero-order valence-corrected chi connectivity index (χ0v) is 20.3. The van der Waals surface area contributed by atoms with Gasteiger partial charge in [0.1, 0.15) is 12.6 Å². The van der Waals surface area contributed by atoms with Gasteiger partial charge in [-0.15, -0.1) is 0 Å². The van der Waals surface area contributed by atoms with E-state index >= 15 is 0 Å². The molecule has 3 heterocycles. The average Bonchev–Trinajstić information content (AvgIpc) is 3.09. The van der Waals surface area contributed by atoms with Gasteiger partial charge in [-0.2, -0.15) is 9.35 Å². The number of rotatable bonds is 8. The Morgan fingerprint density at radius 3 is 2.71 bits per heavy atom. The predicted molar refractivity (Wildman–Crippen MR) is 97.7 cm³/mol. The maximum absolute atomic E-state index is 12.2. The number of imidazole rings is 1. The zero-order chi connectivity index (χ0) is 19.8. The molecule has 150 valence electrons. The van der Waals surface area contributed by atoms with Crippen LogP contribution in [0.5, 0.6) is 0 Å². The number of hydrogen-bond donors (Lipinski definition) is 0. The van der Waals surface area contributed by atoms with Gasteiger partial charge in [-0.3, -0.25) is 0 Å². The van der Waals surface area contributed by atoms with E-state index in [1.807, 2.05) is 4.57 Å². The Morgan fingerprint density at radius 1 is 1.36 bits per heavy atom. The molecule has 1 aromatic heterocycles. The first-order valence-corrected chi connectivity index (χ1v) is 13.6. The van der Waals surface area contributed by atoms with Crippen LogP contribution in [-0.4, -0.2) is 72.3 Å². The van der Waals surface area contributed by atoms with Gasteiger partial charge < -0.3 is 18.8 Å². The minimum atomic E-state index is -5.02. The summed E-state index contributed by atoms with van der Waals surface area (Å²) in [6, 6.07) is -0.266. The summed E-state index contributed by atoms with van der Waals surface area (Å²) in [6.07, 6.45) is 5.13. The van der Waals surface area contributed by atoms with Crippen molar-refractivity contribution in [3.05, 3.63) is 24.3 Å². The van der Waals surface area contributed by atoms with E-state index in [0.29, 0.717) is 24.2 Å². The molecule has 13 heteroatoms. The molecule has 1 aromatic rings. The van der Waals surface area contributed by atoms with E-state index in [-0.39, 0.29) is 42.6 Å². The van der Waals surface area contributed by atoms with Gasteiger partial charge in [0.05, 0.1) is 12.6 Å². The molecule has 2 aliphatic rings. The third kappa shape index (κ3) is 5.89. The third-order valence-corrected chi connectivity index (χ3v) is 6.37. The molecule has 2 aliphatic heterocycles. The summed E-state index contributed by atoms with van der Waals surface area (Å²) in [6.45, 7) is 8.35. The summed E-state index contributed by atoms with van der Waals surface area (Å²) in [5.41, 5.74) is 0.743. The maximum atomic E-state index is 12.2. The molecule has 2 amide bonds. The molecule has 1 fully saturated rings. The van der Waals surface area contributed by atoms with Crippen LogP contribution in [0.25, 0.3) is 5.57 Å². The van der Waals surface area contributed by atoms with Crippen molar-refractivity contribution < 1.29 is 56.3 Å². The van der Waals surface area contributed by atoms with Gasteiger partial charge in [-0.05, 0) is 12.1 Å². The molecule has 1 unspecified atom stereocenters. The Balaban J connectivity index is 0.00000280. The Morgan fingerprint density at radius 2 is 2.07 bits per heavy atom. The summed E-state index contributed by atoms with van der Waals surface area (Å²) in [4.78, 5) is 18.0. The van der Waals surface area contributed by atoms with Gasteiger partial charge in [-0.25, -0.2) is 18.2 Å². The van der Waals surface area contributed by atoms with E-state index in [1.165, 1.54) is 4.90 Å². The minimum absolute atomic E-state index is 0. The number of ether oxygens (including phenoxy) is 1. The summed E-state index contributed by atoms with van der Waals surface area (Å²) in [7, 11) is -6.19. The van der Waals surface area contributed by atoms with Crippen molar-refractivity contribution in [3.8, 4) is 0 Å². The van der Waals surface area contributed by atoms with Crippen molar-refractivity contribution in [2.45, 2.75) is 38.5 Å². The Bertz CT molecular complexity index is 853. The SMILES string of the molecule is C[Si](C)(C)CCOCn1ccnc1C1=CC2CN(C1)C(=O)N2OS(=O)(=O)[O-].[Na+]. The van der Waals surface area contributed by atoms with Crippen molar-refractivity contribution in [1.82, 2.24) is 19.5 Å². The van der Waals surface area contributed by atoms with Crippen molar-refractivity contribution >= 4 is 30.1 Å².